The lowest BCUT2D eigenvalue weighted by molar-refractivity contribution is -0.117. The third-order valence-corrected chi connectivity index (χ3v) is 4.23. The molecule has 0 spiro atoms. The SMILES string of the molecule is O=C1CCCC1S(=O)c1ccccc1. The van der Waals surface area contributed by atoms with Gasteiger partial charge in [0.1, 0.15) is 5.78 Å². The van der Waals surface area contributed by atoms with E-state index in [9.17, 15) is 9.00 Å². The van der Waals surface area contributed by atoms with Crippen molar-refractivity contribution in [3.63, 3.8) is 0 Å². The summed E-state index contributed by atoms with van der Waals surface area (Å²) in [4.78, 5) is 12.2. The molecule has 1 aromatic carbocycles. The molecule has 0 radical (unpaired) electrons. The molecule has 0 bridgehead atoms. The maximum absolute atomic E-state index is 11.9. The highest BCUT2D eigenvalue weighted by molar-refractivity contribution is 7.86. The summed E-state index contributed by atoms with van der Waals surface area (Å²) in [6, 6.07) is 9.24. The lowest BCUT2D eigenvalue weighted by atomic mass is 10.3. The first kappa shape index (κ1) is 9.59. The van der Waals surface area contributed by atoms with Gasteiger partial charge in [-0.15, -0.1) is 0 Å². The van der Waals surface area contributed by atoms with E-state index >= 15 is 0 Å². The molecular formula is C11H12O2S. The minimum absolute atomic E-state index is 0.159. The molecule has 0 saturated heterocycles. The fourth-order valence-electron chi connectivity index (χ4n) is 1.73. The largest absolute Gasteiger partial charge is 0.298 e. The number of Topliss-reactive ketones (excluding diaryl/α,β-unsaturated/α-hetero) is 1. The molecule has 0 heterocycles. The highest BCUT2D eigenvalue weighted by Gasteiger charge is 2.30. The van der Waals surface area contributed by atoms with E-state index in [0.717, 1.165) is 17.7 Å². The maximum atomic E-state index is 11.9. The molecule has 0 aliphatic heterocycles. The molecule has 1 fully saturated rings. The molecule has 0 N–H and O–H groups in total. The molecule has 1 aliphatic carbocycles. The van der Waals surface area contributed by atoms with E-state index in [1.165, 1.54) is 0 Å². The predicted molar refractivity (Wildman–Crippen MR) is 55.5 cm³/mol. The van der Waals surface area contributed by atoms with E-state index in [-0.39, 0.29) is 11.0 Å². The van der Waals surface area contributed by atoms with Crippen molar-refractivity contribution in [3.05, 3.63) is 30.3 Å². The molecule has 2 atom stereocenters. The molecule has 0 amide bonds. The number of ketones is 1. The topological polar surface area (TPSA) is 34.1 Å². The van der Waals surface area contributed by atoms with E-state index in [0.29, 0.717) is 6.42 Å². The van der Waals surface area contributed by atoms with Gasteiger partial charge in [-0.2, -0.15) is 0 Å². The van der Waals surface area contributed by atoms with Gasteiger partial charge in [-0.25, -0.2) is 0 Å². The maximum Gasteiger partial charge on any atom is 0.148 e. The molecule has 14 heavy (non-hydrogen) atoms. The normalized spacial score (nSPS) is 23.7. The van der Waals surface area contributed by atoms with Crippen LogP contribution in [0.1, 0.15) is 19.3 Å². The first-order valence-electron chi connectivity index (χ1n) is 4.77. The van der Waals surface area contributed by atoms with Gasteiger partial charge in [0.2, 0.25) is 0 Å². The summed E-state index contributed by atoms with van der Waals surface area (Å²) >= 11 is 0. The Hall–Kier alpha value is -0.960. The molecule has 1 aliphatic rings. The molecule has 2 nitrogen and oxygen atoms in total. The third-order valence-electron chi connectivity index (χ3n) is 2.48. The van der Waals surface area contributed by atoms with Crippen molar-refractivity contribution < 1.29 is 9.00 Å². The Morgan fingerprint density at radius 1 is 1.21 bits per heavy atom. The zero-order valence-corrected chi connectivity index (χ0v) is 8.63. The second kappa shape index (κ2) is 4.05. The summed E-state index contributed by atoms with van der Waals surface area (Å²) in [5, 5.41) is -0.252. The fraction of sp³-hybridized carbons (Fsp3) is 0.364. The Balaban J connectivity index is 2.20. The van der Waals surface area contributed by atoms with Gasteiger partial charge >= 0.3 is 0 Å². The van der Waals surface area contributed by atoms with E-state index in [4.69, 9.17) is 0 Å². The van der Waals surface area contributed by atoms with Gasteiger partial charge in [-0.1, -0.05) is 18.2 Å². The van der Waals surface area contributed by atoms with Gasteiger partial charge < -0.3 is 0 Å². The van der Waals surface area contributed by atoms with Crippen molar-refractivity contribution in [3.8, 4) is 0 Å². The van der Waals surface area contributed by atoms with Crippen molar-refractivity contribution in [2.75, 3.05) is 0 Å². The predicted octanol–water partition coefficient (Wildman–Crippen LogP) is 1.92. The Morgan fingerprint density at radius 2 is 1.93 bits per heavy atom. The quantitative estimate of drug-likeness (QED) is 0.744. The van der Waals surface area contributed by atoms with E-state index < -0.39 is 10.8 Å². The molecule has 1 aromatic rings. The summed E-state index contributed by atoms with van der Waals surface area (Å²) in [5.41, 5.74) is 0. The van der Waals surface area contributed by atoms with Gasteiger partial charge in [0.05, 0.1) is 16.0 Å². The van der Waals surface area contributed by atoms with Crippen LogP contribution in [0, 0.1) is 0 Å². The monoisotopic (exact) mass is 208 g/mol. The average molecular weight is 208 g/mol. The molecule has 1 saturated carbocycles. The second-order valence-electron chi connectivity index (χ2n) is 3.46. The summed E-state index contributed by atoms with van der Waals surface area (Å²) < 4.78 is 11.9. The minimum Gasteiger partial charge on any atom is -0.298 e. The van der Waals surface area contributed by atoms with Crippen LogP contribution in [-0.2, 0) is 15.6 Å². The van der Waals surface area contributed by atoms with Gasteiger partial charge in [-0.05, 0) is 25.0 Å². The Morgan fingerprint density at radius 3 is 2.50 bits per heavy atom. The second-order valence-corrected chi connectivity index (χ2v) is 5.09. The zero-order valence-electron chi connectivity index (χ0n) is 7.81. The highest BCUT2D eigenvalue weighted by Crippen LogP contribution is 2.23. The lowest BCUT2D eigenvalue weighted by Gasteiger charge is -2.07. The molecule has 0 aromatic heterocycles. The van der Waals surface area contributed by atoms with Crippen molar-refractivity contribution >= 4 is 16.6 Å². The van der Waals surface area contributed by atoms with Crippen LogP contribution < -0.4 is 0 Å². The third kappa shape index (κ3) is 1.77. The minimum atomic E-state index is -1.14. The molecule has 3 heteroatoms. The van der Waals surface area contributed by atoms with E-state index in [1.54, 1.807) is 0 Å². The van der Waals surface area contributed by atoms with Crippen molar-refractivity contribution in [1.82, 2.24) is 0 Å². The summed E-state index contributed by atoms with van der Waals surface area (Å²) in [6.07, 6.45) is 2.27. The van der Waals surface area contributed by atoms with Crippen molar-refractivity contribution in [2.45, 2.75) is 29.4 Å². The van der Waals surface area contributed by atoms with Crippen LogP contribution in [0.4, 0.5) is 0 Å². The summed E-state index contributed by atoms with van der Waals surface area (Å²) in [6.45, 7) is 0. The van der Waals surface area contributed by atoms with Gasteiger partial charge in [0.15, 0.2) is 0 Å². The number of hydrogen-bond acceptors (Lipinski definition) is 2. The number of benzene rings is 1. The Kier molecular flexibility index (Phi) is 2.77. The van der Waals surface area contributed by atoms with E-state index in [2.05, 4.69) is 0 Å². The molecular weight excluding hydrogens is 196 g/mol. The van der Waals surface area contributed by atoms with E-state index in [1.807, 2.05) is 30.3 Å². The lowest BCUT2D eigenvalue weighted by Crippen LogP contribution is -2.19. The van der Waals surface area contributed by atoms with Crippen LogP contribution in [0.5, 0.6) is 0 Å². The standard InChI is InChI=1S/C11H12O2S/c12-10-7-4-8-11(10)14(13)9-5-2-1-3-6-9/h1-3,5-6,11H,4,7-8H2. The molecule has 2 unspecified atom stereocenters. The van der Waals surface area contributed by atoms with Crippen molar-refractivity contribution in [2.24, 2.45) is 0 Å². The number of carbonyl (C=O) groups excluding carboxylic acids is 1. The van der Waals surface area contributed by atoms with Gasteiger partial charge in [0.25, 0.3) is 0 Å². The Labute approximate surface area is 85.8 Å². The number of rotatable bonds is 2. The number of hydrogen-bond donors (Lipinski definition) is 0. The first-order valence-corrected chi connectivity index (χ1v) is 5.98. The number of carbonyl (C=O) groups is 1. The molecule has 74 valence electrons. The van der Waals surface area contributed by atoms with Crippen LogP contribution in [0.3, 0.4) is 0 Å². The summed E-state index contributed by atoms with van der Waals surface area (Å²) in [5.74, 6) is 0.159. The van der Waals surface area contributed by atoms with Crippen LogP contribution >= 0.6 is 0 Å². The summed E-state index contributed by atoms with van der Waals surface area (Å²) in [7, 11) is -1.14. The smallest absolute Gasteiger partial charge is 0.148 e. The fourth-order valence-corrected chi connectivity index (χ4v) is 3.22. The van der Waals surface area contributed by atoms with Gasteiger partial charge in [-0.3, -0.25) is 9.00 Å². The first-order chi connectivity index (χ1) is 6.79. The highest BCUT2D eigenvalue weighted by atomic mass is 32.2. The van der Waals surface area contributed by atoms with Crippen LogP contribution in [-0.4, -0.2) is 15.2 Å². The van der Waals surface area contributed by atoms with Crippen LogP contribution in [0.15, 0.2) is 35.2 Å². The van der Waals surface area contributed by atoms with Crippen molar-refractivity contribution in [1.29, 1.82) is 0 Å². The average Bonchev–Trinajstić information content (AvgIpc) is 2.65. The van der Waals surface area contributed by atoms with Crippen LogP contribution in [0.2, 0.25) is 0 Å². The molecule has 2 rings (SSSR count). The van der Waals surface area contributed by atoms with Crippen LogP contribution in [0.25, 0.3) is 0 Å². The Bertz CT molecular complexity index is 359. The zero-order chi connectivity index (χ0) is 9.97. The van der Waals surface area contributed by atoms with Gasteiger partial charge in [0, 0.05) is 11.3 Å².